The van der Waals surface area contributed by atoms with Crippen molar-refractivity contribution in [1.82, 2.24) is 19.5 Å². The summed E-state index contributed by atoms with van der Waals surface area (Å²) in [5.74, 6) is -0.619. The van der Waals surface area contributed by atoms with E-state index in [0.29, 0.717) is 6.42 Å². The maximum absolute atomic E-state index is 11.9. The first-order valence-corrected chi connectivity index (χ1v) is 7.22. The Balaban J connectivity index is 2.15. The average molecular weight is 336 g/mol. The minimum Gasteiger partial charge on any atom is -0.393 e. The number of hydrogen-bond acceptors (Lipinski definition) is 8. The lowest BCUT2D eigenvalue weighted by Gasteiger charge is -2.24. The van der Waals surface area contributed by atoms with Crippen molar-refractivity contribution in [1.29, 1.82) is 0 Å². The van der Waals surface area contributed by atoms with Crippen LogP contribution in [-0.2, 0) is 4.74 Å². The van der Waals surface area contributed by atoms with E-state index in [9.17, 15) is 15.0 Å². The number of aliphatic hydroxyl groups excluding tert-OH is 2. The van der Waals surface area contributed by atoms with Gasteiger partial charge < -0.3 is 20.7 Å². The highest BCUT2D eigenvalue weighted by Gasteiger charge is 2.54. The van der Waals surface area contributed by atoms with E-state index >= 15 is 0 Å². The van der Waals surface area contributed by atoms with Gasteiger partial charge in [-0.05, 0) is 12.0 Å². The van der Waals surface area contributed by atoms with Gasteiger partial charge in [-0.15, -0.1) is 0 Å². The topological polar surface area (TPSA) is 188 Å². The Morgan fingerprint density at radius 1 is 1.67 bits per heavy atom. The zero-order chi connectivity index (χ0) is 17.5. The van der Waals surface area contributed by atoms with Crippen molar-refractivity contribution < 1.29 is 14.9 Å². The molecule has 3 rings (SSSR count). The quantitative estimate of drug-likeness (QED) is 0.332. The number of anilines is 1. The van der Waals surface area contributed by atoms with E-state index in [-0.39, 0.29) is 17.1 Å². The largest absolute Gasteiger partial charge is 0.393 e. The first-order chi connectivity index (χ1) is 11.5. The van der Waals surface area contributed by atoms with Gasteiger partial charge in [0.25, 0.3) is 5.56 Å². The van der Waals surface area contributed by atoms with Crippen molar-refractivity contribution in [2.75, 3.05) is 12.3 Å². The maximum atomic E-state index is 11.9. The highest BCUT2D eigenvalue weighted by atomic mass is 16.6. The second-order valence-electron chi connectivity index (χ2n) is 5.49. The fourth-order valence-corrected chi connectivity index (χ4v) is 2.99. The van der Waals surface area contributed by atoms with E-state index in [4.69, 9.17) is 16.0 Å². The highest BCUT2D eigenvalue weighted by Crippen LogP contribution is 2.44. The van der Waals surface area contributed by atoms with E-state index in [1.54, 1.807) is 0 Å². The van der Waals surface area contributed by atoms with Gasteiger partial charge in [0.05, 0.1) is 19.0 Å². The zero-order valence-corrected chi connectivity index (χ0v) is 12.7. The predicted molar refractivity (Wildman–Crippen MR) is 81.4 cm³/mol. The summed E-state index contributed by atoms with van der Waals surface area (Å²) >= 11 is 0. The monoisotopic (exact) mass is 336 g/mol. The first-order valence-electron chi connectivity index (χ1n) is 7.22. The van der Waals surface area contributed by atoms with E-state index in [0.717, 1.165) is 0 Å². The summed E-state index contributed by atoms with van der Waals surface area (Å²) in [4.78, 5) is 24.9. The van der Waals surface area contributed by atoms with Gasteiger partial charge in [0.15, 0.2) is 16.9 Å². The van der Waals surface area contributed by atoms with Crippen molar-refractivity contribution in [3.05, 3.63) is 27.1 Å². The molecule has 0 spiro atoms. The number of rotatable bonds is 4. The van der Waals surface area contributed by atoms with Crippen LogP contribution in [0.25, 0.3) is 21.6 Å². The molecular formula is C12H16N8O4. The molecule has 0 saturated carbocycles. The van der Waals surface area contributed by atoms with Crippen LogP contribution >= 0.6 is 0 Å². The Morgan fingerprint density at radius 2 is 2.42 bits per heavy atom. The summed E-state index contributed by atoms with van der Waals surface area (Å²) in [6.07, 6.45) is -0.311. The predicted octanol–water partition coefficient (Wildman–Crippen LogP) is -0.383. The summed E-state index contributed by atoms with van der Waals surface area (Å²) < 4.78 is 7.13. The van der Waals surface area contributed by atoms with Crippen LogP contribution in [0.4, 0.5) is 5.95 Å². The molecule has 1 fully saturated rings. The molecule has 1 aliphatic heterocycles. The van der Waals surface area contributed by atoms with Crippen LogP contribution < -0.4 is 11.3 Å². The van der Waals surface area contributed by atoms with Crippen molar-refractivity contribution >= 4 is 17.1 Å². The molecule has 4 atom stereocenters. The Kier molecular flexibility index (Phi) is 3.89. The third-order valence-electron chi connectivity index (χ3n) is 4.20. The molecule has 24 heavy (non-hydrogen) atoms. The second-order valence-corrected chi connectivity index (χ2v) is 5.49. The Hall–Kier alpha value is -2.66. The van der Waals surface area contributed by atoms with Gasteiger partial charge in [0, 0.05) is 10.8 Å². The minimum atomic E-state index is -1.82. The molecule has 2 aromatic heterocycles. The number of nitrogen functional groups attached to an aromatic ring is 1. The number of aromatic nitrogens is 4. The summed E-state index contributed by atoms with van der Waals surface area (Å²) in [7, 11) is 0. The molecule has 3 heterocycles. The summed E-state index contributed by atoms with van der Waals surface area (Å²) in [6.45, 7) is 1.11. The zero-order valence-electron chi connectivity index (χ0n) is 12.7. The smallest absolute Gasteiger partial charge is 0.280 e. The van der Waals surface area contributed by atoms with Gasteiger partial charge in [0.1, 0.15) is 6.23 Å². The average Bonchev–Trinajstić information content (AvgIpc) is 3.08. The molecule has 12 heteroatoms. The first kappa shape index (κ1) is 16.2. The standard InChI is InChI=1S/C12H16N8O4/c1-2-5-7(22)12(3-21,18-19-14)24-10(5)20-4-15-6-8(20)16-11(13)17-9(6)23/h4-5,7,10,21-22H,2-3H2,1H3,(H3,13,16,17,23)/t5-,7+,10-,12-/m1/s1. The molecule has 128 valence electrons. The van der Waals surface area contributed by atoms with Gasteiger partial charge in [-0.1, -0.05) is 12.0 Å². The van der Waals surface area contributed by atoms with Crippen LogP contribution in [0.2, 0.25) is 0 Å². The van der Waals surface area contributed by atoms with Gasteiger partial charge in [-0.2, -0.15) is 4.98 Å². The van der Waals surface area contributed by atoms with Gasteiger partial charge in [0.2, 0.25) is 5.95 Å². The Morgan fingerprint density at radius 3 is 3.04 bits per heavy atom. The van der Waals surface area contributed by atoms with Crippen LogP contribution in [0.5, 0.6) is 0 Å². The number of nitrogens with two attached hydrogens (primary N) is 1. The number of fused-ring (bicyclic) bond motifs is 1. The number of aromatic amines is 1. The maximum Gasteiger partial charge on any atom is 0.280 e. The molecule has 2 aromatic rings. The molecule has 0 aliphatic carbocycles. The lowest BCUT2D eigenvalue weighted by molar-refractivity contribution is -0.122. The third-order valence-corrected chi connectivity index (χ3v) is 4.20. The number of azide groups is 1. The molecule has 1 saturated heterocycles. The van der Waals surface area contributed by atoms with Crippen molar-refractivity contribution in [3.8, 4) is 0 Å². The van der Waals surface area contributed by atoms with Gasteiger partial charge in [-0.25, -0.2) is 4.98 Å². The van der Waals surface area contributed by atoms with Crippen LogP contribution in [0.1, 0.15) is 19.6 Å². The number of aliphatic hydroxyl groups is 2. The van der Waals surface area contributed by atoms with Crippen molar-refractivity contribution in [2.45, 2.75) is 31.4 Å². The number of nitrogens with one attached hydrogen (secondary N) is 1. The van der Waals surface area contributed by atoms with Crippen LogP contribution in [0.15, 0.2) is 16.2 Å². The Bertz CT molecular complexity index is 872. The fourth-order valence-electron chi connectivity index (χ4n) is 2.99. The summed E-state index contributed by atoms with van der Waals surface area (Å²) in [6, 6.07) is 0. The van der Waals surface area contributed by atoms with E-state index < -0.39 is 36.1 Å². The molecule has 0 radical (unpaired) electrons. The highest BCUT2D eigenvalue weighted by molar-refractivity contribution is 5.70. The lowest BCUT2D eigenvalue weighted by atomic mass is 9.94. The fraction of sp³-hybridized carbons (Fsp3) is 0.583. The molecule has 0 aromatic carbocycles. The van der Waals surface area contributed by atoms with Gasteiger partial charge in [-0.3, -0.25) is 14.3 Å². The normalized spacial score (nSPS) is 29.7. The molecule has 1 aliphatic rings. The third kappa shape index (κ3) is 2.20. The lowest BCUT2D eigenvalue weighted by Crippen LogP contribution is -2.42. The second kappa shape index (κ2) is 5.76. The number of imidazole rings is 1. The van der Waals surface area contributed by atoms with Crippen molar-refractivity contribution in [2.24, 2.45) is 11.0 Å². The van der Waals surface area contributed by atoms with Crippen molar-refractivity contribution in [3.63, 3.8) is 0 Å². The number of ether oxygens (including phenoxy) is 1. The summed E-state index contributed by atoms with van der Waals surface area (Å²) in [5, 5.41) is 23.5. The molecule has 0 amide bonds. The van der Waals surface area contributed by atoms with E-state index in [1.165, 1.54) is 10.9 Å². The van der Waals surface area contributed by atoms with Crippen LogP contribution in [0.3, 0.4) is 0 Å². The SMILES string of the molecule is CC[C@H]1[C@H](n2cnc3c(=O)[nH]c(N)nc32)O[C@@](CO)(N=[N+]=[N-])[C@H]1O. The van der Waals surface area contributed by atoms with Crippen LogP contribution in [-0.4, -0.2) is 48.2 Å². The Labute approximate surface area is 134 Å². The molecule has 0 bridgehead atoms. The minimum absolute atomic E-state index is 0.0578. The van der Waals surface area contributed by atoms with E-state index in [1.807, 2.05) is 6.92 Å². The van der Waals surface area contributed by atoms with Gasteiger partial charge >= 0.3 is 0 Å². The van der Waals surface area contributed by atoms with E-state index in [2.05, 4.69) is 25.0 Å². The number of hydrogen-bond donors (Lipinski definition) is 4. The number of nitrogens with zero attached hydrogens (tertiary/aromatic N) is 6. The van der Waals surface area contributed by atoms with Crippen LogP contribution in [0, 0.1) is 5.92 Å². The number of H-pyrrole nitrogens is 1. The molecule has 0 unspecified atom stereocenters. The molecular weight excluding hydrogens is 320 g/mol. The molecule has 5 N–H and O–H groups in total. The summed E-state index contributed by atoms with van der Waals surface area (Å²) in [5.41, 5.74) is 12.2. The molecule has 12 nitrogen and oxygen atoms in total.